The summed E-state index contributed by atoms with van der Waals surface area (Å²) in [7, 11) is 0. The Morgan fingerprint density at radius 2 is 1.84 bits per heavy atom. The summed E-state index contributed by atoms with van der Waals surface area (Å²) in [5, 5.41) is 13.0. The van der Waals surface area contributed by atoms with Gasteiger partial charge in [-0.15, -0.1) is 0 Å². The number of hydrogen-bond acceptors (Lipinski definition) is 5. The van der Waals surface area contributed by atoms with E-state index in [1.807, 2.05) is 0 Å². The number of aliphatic hydroxyl groups excluding tert-OH is 1. The van der Waals surface area contributed by atoms with E-state index in [2.05, 4.69) is 10.3 Å². The fourth-order valence-corrected chi connectivity index (χ4v) is 3.93. The minimum atomic E-state index is -4.71. The molecule has 0 atom stereocenters. The molecule has 14 heteroatoms. The molecule has 1 aromatic heterocycles. The van der Waals surface area contributed by atoms with Crippen molar-refractivity contribution in [1.82, 2.24) is 9.88 Å². The summed E-state index contributed by atoms with van der Waals surface area (Å²) in [6.45, 7) is -1.41. The number of carbonyl (C=O) groups is 2. The van der Waals surface area contributed by atoms with Crippen molar-refractivity contribution in [2.45, 2.75) is 12.3 Å². The van der Waals surface area contributed by atoms with Crippen molar-refractivity contribution < 1.29 is 64.3 Å². The van der Waals surface area contributed by atoms with E-state index in [1.54, 1.807) is 0 Å². The summed E-state index contributed by atoms with van der Waals surface area (Å²) in [4.78, 5) is 30.5. The third kappa shape index (κ3) is 6.93. The fraction of sp³-hybridized carbons (Fsp3) is 0.208. The molecule has 0 aliphatic carbocycles. The number of carbonyl (C=O) groups excluding carboxylic acids is 2. The van der Waals surface area contributed by atoms with Gasteiger partial charge in [0.2, 0.25) is 0 Å². The maximum atomic E-state index is 14.1. The minimum Gasteiger partial charge on any atom is -0.620 e. The first-order valence-corrected chi connectivity index (χ1v) is 11.4. The van der Waals surface area contributed by atoms with Gasteiger partial charge in [0.25, 0.3) is 5.91 Å². The summed E-state index contributed by atoms with van der Waals surface area (Å²) in [5.41, 5.74) is -0.382. The van der Waals surface area contributed by atoms with Crippen LogP contribution < -0.4 is 4.74 Å². The van der Waals surface area contributed by atoms with Crippen molar-refractivity contribution in [3.8, 4) is 16.9 Å². The largest absolute Gasteiger partial charge is 0.620 e. The smallest absolute Gasteiger partial charge is 0.422 e. The van der Waals surface area contributed by atoms with E-state index in [0.717, 1.165) is 12.1 Å². The second-order valence-corrected chi connectivity index (χ2v) is 8.83. The normalized spacial score (nSPS) is 13.4. The fourth-order valence-electron chi connectivity index (χ4n) is 3.48. The zero-order valence-corrected chi connectivity index (χ0v) is 24.9. The monoisotopic (exact) mass is 670 g/mol. The number of pyridine rings is 1. The molecule has 1 aliphatic heterocycles. The Bertz CT molecular complexity index is 1350. The number of aromatic nitrogens is 1. The van der Waals surface area contributed by atoms with Gasteiger partial charge >= 0.3 is 6.18 Å². The molecule has 0 spiro atoms. The van der Waals surface area contributed by atoms with Crippen LogP contribution in [0.25, 0.3) is 16.4 Å². The zero-order valence-electron chi connectivity index (χ0n) is 19.3. The minimum absolute atomic E-state index is 0. The van der Waals surface area contributed by atoms with Gasteiger partial charge in [-0.3, -0.25) is 4.79 Å². The number of hydrogen-bond donors (Lipinski definition) is 1. The number of benzene rings is 2. The number of halogens is 6. The Morgan fingerprint density at radius 1 is 1.13 bits per heavy atom. The van der Waals surface area contributed by atoms with Crippen molar-refractivity contribution in [2.24, 2.45) is 0 Å². The number of rotatable bonds is 6. The third-order valence-electron chi connectivity index (χ3n) is 5.28. The van der Waals surface area contributed by atoms with Gasteiger partial charge in [-0.2, -0.15) is 13.2 Å². The van der Waals surface area contributed by atoms with Crippen LogP contribution >= 0.6 is 23.2 Å². The van der Waals surface area contributed by atoms with Gasteiger partial charge in [-0.25, -0.2) is 9.37 Å². The summed E-state index contributed by atoms with van der Waals surface area (Å²) < 4.78 is 57.7. The molecule has 2 aromatic carbocycles. The van der Waals surface area contributed by atoms with E-state index in [4.69, 9.17) is 27.9 Å². The predicted molar refractivity (Wildman–Crippen MR) is 127 cm³/mol. The molecule has 0 bridgehead atoms. The van der Waals surface area contributed by atoms with Crippen LogP contribution in [0.3, 0.4) is 0 Å². The number of amides is 2. The van der Waals surface area contributed by atoms with Crippen molar-refractivity contribution in [3.63, 3.8) is 0 Å². The van der Waals surface area contributed by atoms with Gasteiger partial charge in [0.15, 0.2) is 6.61 Å². The maximum Gasteiger partial charge on any atom is 0.422 e. The van der Waals surface area contributed by atoms with E-state index >= 15 is 0 Å². The Labute approximate surface area is 243 Å². The van der Waals surface area contributed by atoms with Gasteiger partial charge in [0.05, 0.1) is 27.6 Å². The van der Waals surface area contributed by atoms with E-state index in [0.29, 0.717) is 0 Å². The summed E-state index contributed by atoms with van der Waals surface area (Å²) in [6.07, 6.45) is -4.12. The molecule has 0 radical (unpaired) electrons. The quantitative estimate of drug-likeness (QED) is 0.265. The van der Waals surface area contributed by atoms with Crippen LogP contribution in [0.5, 0.6) is 5.75 Å². The van der Waals surface area contributed by atoms with Crippen LogP contribution in [-0.4, -0.2) is 58.8 Å². The van der Waals surface area contributed by atoms with Crippen LogP contribution in [0, 0.1) is 5.82 Å². The number of ether oxygens (including phenoxy) is 1. The SMILES string of the molecule is O=C([N-]c1ccc(-c2cc(C(=O)N3CC(O)C3)ncc2Cl)cc1OCC(F)(F)F)c1c(F)cccc1Cl.[Cd]. The molecule has 4 rings (SSSR count). The number of β-amino-alcohol motifs (C(OH)–C–C–N with tert-alkyl or cyclic N) is 1. The predicted octanol–water partition coefficient (Wildman–Crippen LogP) is 5.80. The van der Waals surface area contributed by atoms with Gasteiger partial charge in [0, 0.05) is 52.1 Å². The number of alkyl halides is 3. The first-order valence-electron chi connectivity index (χ1n) is 10.6. The second kappa shape index (κ2) is 12.1. The molecule has 38 heavy (non-hydrogen) atoms. The summed E-state index contributed by atoms with van der Waals surface area (Å²) >= 11 is 12.1. The van der Waals surface area contributed by atoms with Crippen molar-refractivity contribution in [3.05, 3.63) is 81.1 Å². The third-order valence-corrected chi connectivity index (χ3v) is 5.90. The first kappa shape index (κ1) is 30.1. The van der Waals surface area contributed by atoms with Gasteiger partial charge in [0.1, 0.15) is 17.3 Å². The average molecular weight is 670 g/mol. The Balaban J connectivity index is 0.00000400. The van der Waals surface area contributed by atoms with Gasteiger partial charge in [-0.05, 0) is 29.8 Å². The molecule has 0 saturated carbocycles. The molecular weight excluding hydrogens is 654 g/mol. The molecule has 1 saturated heterocycles. The Hall–Kier alpha value is -2.49. The number of nitrogens with zero attached hydrogens (tertiary/aromatic N) is 3. The summed E-state index contributed by atoms with van der Waals surface area (Å²) in [6, 6.07) is 8.62. The molecular formula is C24H16CdCl2F4N3O4-. The van der Waals surface area contributed by atoms with Crippen LogP contribution in [0.1, 0.15) is 20.8 Å². The number of aliphatic hydroxyl groups is 1. The van der Waals surface area contributed by atoms with E-state index in [-0.39, 0.29) is 72.9 Å². The molecule has 196 valence electrons. The molecule has 2 heterocycles. The van der Waals surface area contributed by atoms with Crippen LogP contribution in [0.15, 0.2) is 48.7 Å². The maximum absolute atomic E-state index is 14.1. The van der Waals surface area contributed by atoms with Gasteiger partial charge < -0.3 is 24.9 Å². The van der Waals surface area contributed by atoms with Crippen molar-refractivity contribution in [2.75, 3.05) is 19.7 Å². The van der Waals surface area contributed by atoms with E-state index in [9.17, 15) is 32.3 Å². The first-order chi connectivity index (χ1) is 17.4. The molecule has 1 N–H and O–H groups in total. The van der Waals surface area contributed by atoms with E-state index < -0.39 is 47.8 Å². The van der Waals surface area contributed by atoms with Crippen molar-refractivity contribution in [1.29, 1.82) is 0 Å². The Morgan fingerprint density at radius 3 is 2.47 bits per heavy atom. The van der Waals surface area contributed by atoms with Crippen LogP contribution in [-0.2, 0) is 27.3 Å². The van der Waals surface area contributed by atoms with Crippen molar-refractivity contribution >= 4 is 40.7 Å². The molecule has 2 amide bonds. The molecule has 1 fully saturated rings. The zero-order chi connectivity index (χ0) is 26.9. The van der Waals surface area contributed by atoms with E-state index in [1.165, 1.54) is 41.4 Å². The molecule has 7 nitrogen and oxygen atoms in total. The van der Waals surface area contributed by atoms with Crippen LogP contribution in [0.2, 0.25) is 10.0 Å². The number of likely N-dealkylation sites (tertiary alicyclic amines) is 1. The molecule has 0 unspecified atom stereocenters. The summed E-state index contributed by atoms with van der Waals surface area (Å²) in [5.74, 6) is -2.98. The topological polar surface area (TPSA) is 93.8 Å². The molecule has 3 aromatic rings. The Kier molecular flexibility index (Phi) is 9.60. The van der Waals surface area contributed by atoms with Crippen LogP contribution in [0.4, 0.5) is 23.2 Å². The second-order valence-electron chi connectivity index (χ2n) is 8.01. The average Bonchev–Trinajstić information content (AvgIpc) is 2.81. The van der Waals surface area contributed by atoms with Gasteiger partial charge in [-0.1, -0.05) is 47.1 Å². The molecule has 1 aliphatic rings. The standard InChI is InChI=1S/C24H17Cl2F4N3O4.Cd/c25-15-2-1-3-17(27)21(15)22(35)32-18-5-4-12(6-20(18)37-11-24(28,29)30)14-7-19(31-8-16(14)26)23(36)33-9-13(34)10-33;/h1-8,13,34H,9-11H2,(H,31,32,35);/p-1.